The molecule has 0 unspecified atom stereocenters. The van der Waals surface area contributed by atoms with Gasteiger partial charge in [0, 0.05) is 17.3 Å². The van der Waals surface area contributed by atoms with E-state index in [9.17, 15) is 4.79 Å². The van der Waals surface area contributed by atoms with Crippen LogP contribution in [0.15, 0.2) is 36.5 Å². The van der Waals surface area contributed by atoms with Crippen LogP contribution in [0.4, 0.5) is 0 Å². The highest BCUT2D eigenvalue weighted by Gasteiger charge is 2.07. The van der Waals surface area contributed by atoms with Crippen molar-refractivity contribution < 1.29 is 4.79 Å². The van der Waals surface area contributed by atoms with Gasteiger partial charge in [-0.3, -0.25) is 4.79 Å². The van der Waals surface area contributed by atoms with Crippen molar-refractivity contribution in [2.24, 2.45) is 0 Å². The van der Waals surface area contributed by atoms with E-state index in [1.54, 1.807) is 0 Å². The van der Waals surface area contributed by atoms with Crippen molar-refractivity contribution in [1.82, 2.24) is 8.77 Å². The highest BCUT2D eigenvalue weighted by Crippen LogP contribution is 2.27. The lowest BCUT2D eigenvalue weighted by Gasteiger charge is -1.96. The number of fused-ring (bicyclic) bond motifs is 1. The highest BCUT2D eigenvalue weighted by molar-refractivity contribution is 7.09. The number of hydrogen-bond acceptors (Lipinski definition) is 3. The third kappa shape index (κ3) is 1.66. The molecule has 0 bridgehead atoms. The molecule has 0 fully saturated rings. The molecule has 3 nitrogen and oxygen atoms in total. The van der Waals surface area contributed by atoms with Crippen molar-refractivity contribution in [2.75, 3.05) is 0 Å². The van der Waals surface area contributed by atoms with E-state index >= 15 is 0 Å². The van der Waals surface area contributed by atoms with Crippen LogP contribution >= 0.6 is 11.5 Å². The van der Waals surface area contributed by atoms with Gasteiger partial charge in [0.05, 0.1) is 16.3 Å². The Morgan fingerprint density at radius 3 is 2.94 bits per heavy atom. The smallest absolute Gasteiger partial charge is 0.166 e. The predicted octanol–water partition coefficient (Wildman–Crippen LogP) is 3.18. The Bertz CT molecular complexity index is 696. The number of nitrogens with zero attached hydrogens (tertiary/aromatic N) is 2. The van der Waals surface area contributed by atoms with Crippen molar-refractivity contribution >= 4 is 23.3 Å². The van der Waals surface area contributed by atoms with E-state index in [-0.39, 0.29) is 0 Å². The van der Waals surface area contributed by atoms with Crippen LogP contribution < -0.4 is 0 Å². The number of rotatable bonds is 2. The molecule has 0 aliphatic heterocycles. The normalized spacial score (nSPS) is 10.9. The van der Waals surface area contributed by atoms with E-state index in [4.69, 9.17) is 0 Å². The number of hydrogen-bond donors (Lipinski definition) is 0. The second-order valence-electron chi connectivity index (χ2n) is 3.92. The summed E-state index contributed by atoms with van der Waals surface area (Å²) in [7, 11) is 0. The molecule has 3 heterocycles. The monoisotopic (exact) mass is 242 g/mol. The van der Waals surface area contributed by atoms with E-state index < -0.39 is 0 Å². The van der Waals surface area contributed by atoms with Gasteiger partial charge in [0.2, 0.25) is 0 Å². The Hall–Kier alpha value is -1.94. The molecule has 3 aromatic heterocycles. The lowest BCUT2D eigenvalue weighted by molar-refractivity contribution is 0.111. The molecule has 17 heavy (non-hydrogen) atoms. The van der Waals surface area contributed by atoms with Gasteiger partial charge in [0.1, 0.15) is 0 Å². The number of aryl methyl sites for hydroxylation is 1. The number of carbonyl (C=O) groups is 1. The van der Waals surface area contributed by atoms with Crippen molar-refractivity contribution in [3.05, 3.63) is 47.9 Å². The first kappa shape index (κ1) is 10.2. The van der Waals surface area contributed by atoms with Gasteiger partial charge >= 0.3 is 0 Å². The van der Waals surface area contributed by atoms with E-state index in [0.29, 0.717) is 5.69 Å². The van der Waals surface area contributed by atoms with Crippen LogP contribution in [0.2, 0.25) is 0 Å². The zero-order chi connectivity index (χ0) is 11.8. The molecule has 84 valence electrons. The molecular weight excluding hydrogens is 232 g/mol. The number of carbonyl (C=O) groups excluding carboxylic acids is 1. The van der Waals surface area contributed by atoms with E-state index in [1.807, 2.05) is 35.7 Å². The summed E-state index contributed by atoms with van der Waals surface area (Å²) in [6, 6.07) is 9.81. The summed E-state index contributed by atoms with van der Waals surface area (Å²) in [5.74, 6) is 0. The summed E-state index contributed by atoms with van der Waals surface area (Å²) >= 11 is 1.48. The van der Waals surface area contributed by atoms with Gasteiger partial charge in [-0.25, -0.2) is 0 Å². The fourth-order valence-corrected chi connectivity index (χ4v) is 2.62. The second-order valence-corrected chi connectivity index (χ2v) is 4.73. The lowest BCUT2D eigenvalue weighted by atomic mass is 10.2. The lowest BCUT2D eigenvalue weighted by Crippen LogP contribution is -1.91. The van der Waals surface area contributed by atoms with Crippen LogP contribution in [0.25, 0.3) is 16.0 Å². The minimum absolute atomic E-state index is 0.662. The van der Waals surface area contributed by atoms with Gasteiger partial charge < -0.3 is 4.40 Å². The maximum absolute atomic E-state index is 10.9. The summed E-state index contributed by atoms with van der Waals surface area (Å²) in [5.41, 5.74) is 3.81. The minimum Gasteiger partial charge on any atom is -0.314 e. The number of aldehydes is 1. The summed E-state index contributed by atoms with van der Waals surface area (Å²) in [5, 5.41) is 0. The summed E-state index contributed by atoms with van der Waals surface area (Å²) in [4.78, 5) is 12.1. The number of aromatic nitrogens is 2. The first-order chi connectivity index (χ1) is 8.28. The molecule has 0 aromatic carbocycles. The van der Waals surface area contributed by atoms with Crippen LogP contribution in [0.3, 0.4) is 0 Å². The van der Waals surface area contributed by atoms with Crippen LogP contribution in [0.1, 0.15) is 16.2 Å². The number of pyridine rings is 1. The zero-order valence-corrected chi connectivity index (χ0v) is 10.1. The predicted molar refractivity (Wildman–Crippen MR) is 68.6 cm³/mol. The van der Waals surface area contributed by atoms with Gasteiger partial charge in [-0.15, -0.1) is 0 Å². The Morgan fingerprint density at radius 2 is 2.24 bits per heavy atom. The fraction of sp³-hybridized carbons (Fsp3) is 0.0769. The molecule has 0 aliphatic rings. The van der Waals surface area contributed by atoms with Crippen molar-refractivity contribution in [3.8, 4) is 10.4 Å². The third-order valence-electron chi connectivity index (χ3n) is 2.70. The topological polar surface area (TPSA) is 34.4 Å². The molecule has 0 aliphatic carbocycles. The van der Waals surface area contributed by atoms with Crippen molar-refractivity contribution in [3.63, 3.8) is 0 Å². The summed E-state index contributed by atoms with van der Waals surface area (Å²) < 4.78 is 6.17. The highest BCUT2D eigenvalue weighted by atomic mass is 32.1. The summed E-state index contributed by atoms with van der Waals surface area (Å²) in [6.45, 7) is 1.98. The van der Waals surface area contributed by atoms with Crippen molar-refractivity contribution in [2.45, 2.75) is 6.92 Å². The largest absolute Gasteiger partial charge is 0.314 e. The van der Waals surface area contributed by atoms with Gasteiger partial charge in [-0.2, -0.15) is 4.37 Å². The maximum Gasteiger partial charge on any atom is 0.166 e. The molecule has 0 saturated heterocycles. The molecule has 0 N–H and O–H groups in total. The Morgan fingerprint density at radius 1 is 1.35 bits per heavy atom. The van der Waals surface area contributed by atoms with E-state index in [0.717, 1.165) is 27.9 Å². The Kier molecular flexibility index (Phi) is 2.30. The fourth-order valence-electron chi connectivity index (χ4n) is 1.89. The molecular formula is C13H10N2OS. The Labute approximate surface area is 102 Å². The molecule has 0 spiro atoms. The SMILES string of the molecule is Cc1cc(-c2cc3cccc(C=O)n3c2)sn1. The first-order valence-electron chi connectivity index (χ1n) is 5.28. The van der Waals surface area contributed by atoms with Crippen LogP contribution in [-0.2, 0) is 0 Å². The van der Waals surface area contributed by atoms with Crippen LogP contribution in [0, 0.1) is 6.92 Å². The quantitative estimate of drug-likeness (QED) is 0.647. The van der Waals surface area contributed by atoms with Crippen LogP contribution in [-0.4, -0.2) is 15.1 Å². The summed E-state index contributed by atoms with van der Waals surface area (Å²) in [6.07, 6.45) is 2.85. The zero-order valence-electron chi connectivity index (χ0n) is 9.25. The van der Waals surface area contributed by atoms with Crippen LogP contribution in [0.5, 0.6) is 0 Å². The third-order valence-corrected chi connectivity index (χ3v) is 3.62. The molecule has 0 radical (unpaired) electrons. The molecule has 3 aromatic rings. The molecule has 4 heteroatoms. The van der Waals surface area contributed by atoms with Gasteiger partial charge in [0.15, 0.2) is 6.29 Å². The van der Waals surface area contributed by atoms with Gasteiger partial charge in [-0.05, 0) is 42.7 Å². The van der Waals surface area contributed by atoms with E-state index in [2.05, 4.69) is 16.5 Å². The average molecular weight is 242 g/mol. The first-order valence-corrected chi connectivity index (χ1v) is 6.05. The molecule has 3 rings (SSSR count). The molecule has 0 saturated carbocycles. The van der Waals surface area contributed by atoms with Crippen molar-refractivity contribution in [1.29, 1.82) is 0 Å². The standard InChI is InChI=1S/C13H10N2OS/c1-9-5-13(17-14-9)10-6-11-3-2-4-12(8-16)15(11)7-10/h2-8H,1H3. The van der Waals surface area contributed by atoms with Gasteiger partial charge in [-0.1, -0.05) is 6.07 Å². The van der Waals surface area contributed by atoms with E-state index in [1.165, 1.54) is 11.5 Å². The average Bonchev–Trinajstić information content (AvgIpc) is 2.93. The second kappa shape index (κ2) is 3.82. The maximum atomic E-state index is 10.9. The van der Waals surface area contributed by atoms with Gasteiger partial charge in [0.25, 0.3) is 0 Å². The molecule has 0 atom stereocenters. The molecule has 0 amide bonds. The Balaban J connectivity index is 2.23. The minimum atomic E-state index is 0.662.